The average Bonchev–Trinajstić information content (AvgIpc) is 2.03. The van der Waals surface area contributed by atoms with E-state index in [1.165, 1.54) is 5.56 Å². The second-order valence-corrected chi connectivity index (χ2v) is 4.13. The van der Waals surface area contributed by atoms with Gasteiger partial charge in [-0.2, -0.15) is 0 Å². The van der Waals surface area contributed by atoms with E-state index in [0.29, 0.717) is 0 Å². The van der Waals surface area contributed by atoms with Gasteiger partial charge < -0.3 is 10.8 Å². The number of rotatable bonds is 2. The second-order valence-electron chi connectivity index (χ2n) is 4.13. The number of hydrogen-bond donors (Lipinski definition) is 2. The predicted molar refractivity (Wildman–Crippen MR) is 54.4 cm³/mol. The zero-order valence-corrected chi connectivity index (χ0v) is 8.41. The Balaban J connectivity index is 2.90. The molecule has 3 N–H and O–H groups in total. The molecule has 0 aliphatic carbocycles. The molecule has 1 atom stereocenters. The van der Waals surface area contributed by atoms with E-state index in [9.17, 15) is 5.11 Å². The summed E-state index contributed by atoms with van der Waals surface area (Å²) in [6.07, 6.45) is -0.604. The minimum atomic E-state index is -0.604. The Labute approximate surface area is 79.4 Å². The van der Waals surface area contributed by atoms with Crippen molar-refractivity contribution in [3.8, 4) is 0 Å². The Morgan fingerprint density at radius 2 is 1.69 bits per heavy atom. The molecule has 0 amide bonds. The van der Waals surface area contributed by atoms with E-state index in [1.54, 1.807) is 0 Å². The number of aryl methyl sites for hydroxylation is 1. The van der Waals surface area contributed by atoms with Crippen LogP contribution in [0.2, 0.25) is 0 Å². The first-order chi connectivity index (χ1) is 5.91. The van der Waals surface area contributed by atoms with Crippen molar-refractivity contribution in [2.75, 3.05) is 0 Å². The van der Waals surface area contributed by atoms with Crippen LogP contribution in [0.15, 0.2) is 24.3 Å². The summed E-state index contributed by atoms with van der Waals surface area (Å²) >= 11 is 0. The number of aliphatic hydroxyl groups excluding tert-OH is 1. The fourth-order valence-electron chi connectivity index (χ4n) is 1.18. The molecular formula is C11H17NO. The number of hydrogen-bond acceptors (Lipinski definition) is 2. The molecule has 72 valence electrons. The smallest absolute Gasteiger partial charge is 0.0963 e. The summed E-state index contributed by atoms with van der Waals surface area (Å²) < 4.78 is 0. The van der Waals surface area contributed by atoms with Crippen molar-refractivity contribution in [3.63, 3.8) is 0 Å². The zero-order chi connectivity index (χ0) is 10.1. The molecule has 0 aromatic heterocycles. The molecule has 0 bridgehead atoms. The quantitative estimate of drug-likeness (QED) is 0.726. The minimum Gasteiger partial charge on any atom is -0.387 e. The van der Waals surface area contributed by atoms with E-state index < -0.39 is 11.6 Å². The standard InChI is InChI=1S/C11H17NO/c1-8-4-6-9(7-5-8)10(13)11(2,3)12/h4-7,10,13H,12H2,1-3H3/t10-/m0/s1. The summed E-state index contributed by atoms with van der Waals surface area (Å²) in [6, 6.07) is 7.78. The molecule has 0 radical (unpaired) electrons. The normalized spacial score (nSPS) is 14.2. The third kappa shape index (κ3) is 2.54. The van der Waals surface area contributed by atoms with Gasteiger partial charge in [0.25, 0.3) is 0 Å². The molecule has 1 aromatic rings. The van der Waals surface area contributed by atoms with Crippen LogP contribution in [-0.2, 0) is 0 Å². The van der Waals surface area contributed by atoms with Gasteiger partial charge in [0.2, 0.25) is 0 Å². The van der Waals surface area contributed by atoms with Crippen LogP contribution in [0.5, 0.6) is 0 Å². The molecule has 1 aromatic carbocycles. The van der Waals surface area contributed by atoms with Gasteiger partial charge in [0, 0.05) is 5.54 Å². The van der Waals surface area contributed by atoms with Crippen molar-refractivity contribution in [2.45, 2.75) is 32.4 Å². The van der Waals surface area contributed by atoms with E-state index in [2.05, 4.69) is 0 Å². The molecule has 13 heavy (non-hydrogen) atoms. The van der Waals surface area contributed by atoms with Crippen LogP contribution in [-0.4, -0.2) is 10.6 Å². The summed E-state index contributed by atoms with van der Waals surface area (Å²) in [6.45, 7) is 5.65. The van der Waals surface area contributed by atoms with E-state index >= 15 is 0 Å². The van der Waals surface area contributed by atoms with Crippen molar-refractivity contribution >= 4 is 0 Å². The lowest BCUT2D eigenvalue weighted by molar-refractivity contribution is 0.104. The molecule has 0 heterocycles. The fourth-order valence-corrected chi connectivity index (χ4v) is 1.18. The van der Waals surface area contributed by atoms with Gasteiger partial charge in [-0.05, 0) is 26.3 Å². The highest BCUT2D eigenvalue weighted by atomic mass is 16.3. The fraction of sp³-hybridized carbons (Fsp3) is 0.455. The molecule has 0 saturated heterocycles. The molecule has 0 unspecified atom stereocenters. The lowest BCUT2D eigenvalue weighted by atomic mass is 9.92. The number of benzene rings is 1. The highest BCUT2D eigenvalue weighted by Crippen LogP contribution is 2.22. The Bertz CT molecular complexity index is 271. The van der Waals surface area contributed by atoms with Gasteiger partial charge in [-0.1, -0.05) is 29.8 Å². The molecule has 1 rings (SSSR count). The van der Waals surface area contributed by atoms with Crippen LogP contribution in [0.1, 0.15) is 31.1 Å². The summed E-state index contributed by atoms with van der Waals surface area (Å²) in [5, 5.41) is 9.82. The van der Waals surface area contributed by atoms with Crippen LogP contribution in [0.4, 0.5) is 0 Å². The first-order valence-corrected chi connectivity index (χ1v) is 4.45. The lowest BCUT2D eigenvalue weighted by Gasteiger charge is -2.26. The maximum absolute atomic E-state index is 9.82. The average molecular weight is 179 g/mol. The van der Waals surface area contributed by atoms with Gasteiger partial charge in [0.05, 0.1) is 6.10 Å². The third-order valence-corrected chi connectivity index (χ3v) is 2.10. The summed E-state index contributed by atoms with van der Waals surface area (Å²) in [7, 11) is 0. The van der Waals surface area contributed by atoms with Crippen molar-refractivity contribution in [3.05, 3.63) is 35.4 Å². The Hall–Kier alpha value is -0.860. The van der Waals surface area contributed by atoms with Gasteiger partial charge in [-0.15, -0.1) is 0 Å². The maximum atomic E-state index is 9.82. The van der Waals surface area contributed by atoms with Crippen LogP contribution < -0.4 is 5.73 Å². The molecule has 0 saturated carbocycles. The topological polar surface area (TPSA) is 46.2 Å². The van der Waals surface area contributed by atoms with Crippen LogP contribution in [0.3, 0.4) is 0 Å². The molecule has 2 nitrogen and oxygen atoms in total. The third-order valence-electron chi connectivity index (χ3n) is 2.10. The van der Waals surface area contributed by atoms with E-state index in [1.807, 2.05) is 45.0 Å². The molecular weight excluding hydrogens is 162 g/mol. The van der Waals surface area contributed by atoms with E-state index in [4.69, 9.17) is 5.73 Å². The van der Waals surface area contributed by atoms with Crippen molar-refractivity contribution < 1.29 is 5.11 Å². The molecule has 0 spiro atoms. The second kappa shape index (κ2) is 3.48. The molecule has 0 fully saturated rings. The number of aliphatic hydroxyl groups is 1. The van der Waals surface area contributed by atoms with Gasteiger partial charge in [0.15, 0.2) is 0 Å². The Kier molecular flexibility index (Phi) is 2.74. The van der Waals surface area contributed by atoms with Gasteiger partial charge >= 0.3 is 0 Å². The van der Waals surface area contributed by atoms with Crippen molar-refractivity contribution in [1.29, 1.82) is 0 Å². The van der Waals surface area contributed by atoms with Gasteiger partial charge in [-0.25, -0.2) is 0 Å². The summed E-state index contributed by atoms with van der Waals surface area (Å²) in [5.41, 5.74) is 7.27. The lowest BCUT2D eigenvalue weighted by Crippen LogP contribution is -2.39. The first kappa shape index (κ1) is 10.2. The van der Waals surface area contributed by atoms with Crippen LogP contribution in [0.25, 0.3) is 0 Å². The highest BCUT2D eigenvalue weighted by Gasteiger charge is 2.23. The SMILES string of the molecule is Cc1ccc([C@H](O)C(C)(C)N)cc1. The monoisotopic (exact) mass is 179 g/mol. The maximum Gasteiger partial charge on any atom is 0.0963 e. The molecule has 0 aliphatic heterocycles. The first-order valence-electron chi connectivity index (χ1n) is 4.45. The van der Waals surface area contributed by atoms with Crippen LogP contribution in [0, 0.1) is 6.92 Å². The Morgan fingerprint density at radius 3 is 2.08 bits per heavy atom. The Morgan fingerprint density at radius 1 is 1.23 bits per heavy atom. The van der Waals surface area contributed by atoms with Crippen molar-refractivity contribution in [1.82, 2.24) is 0 Å². The van der Waals surface area contributed by atoms with E-state index in [0.717, 1.165) is 5.56 Å². The predicted octanol–water partition coefficient (Wildman–Crippen LogP) is 1.77. The highest BCUT2D eigenvalue weighted by molar-refractivity contribution is 5.24. The van der Waals surface area contributed by atoms with E-state index in [-0.39, 0.29) is 0 Å². The van der Waals surface area contributed by atoms with Gasteiger partial charge in [0.1, 0.15) is 0 Å². The van der Waals surface area contributed by atoms with Gasteiger partial charge in [-0.3, -0.25) is 0 Å². The largest absolute Gasteiger partial charge is 0.387 e. The minimum absolute atomic E-state index is 0.588. The zero-order valence-electron chi connectivity index (χ0n) is 8.41. The number of nitrogens with two attached hydrogens (primary N) is 1. The summed E-state index contributed by atoms with van der Waals surface area (Å²) in [5.74, 6) is 0. The summed E-state index contributed by atoms with van der Waals surface area (Å²) in [4.78, 5) is 0. The molecule has 0 aliphatic rings. The van der Waals surface area contributed by atoms with Crippen LogP contribution >= 0.6 is 0 Å². The molecule has 2 heteroatoms. The van der Waals surface area contributed by atoms with Crippen molar-refractivity contribution in [2.24, 2.45) is 5.73 Å².